The molecule has 1 aliphatic rings. The molecule has 33 heavy (non-hydrogen) atoms. The number of nitrogens with zero attached hydrogens (tertiary/aromatic N) is 1. The standard InChI is InChI=1S/C26H25ClN2O4/c1-17-22(15-25(30)28-33-16-18-6-4-3-5-7-18)23-14-21(32-2)12-13-24(23)29(17)26(31)19-8-10-20(27)11-9-19/h3-4,6,8-14H,5,7,15-16H2,1-2H3,(H,28,30). The van der Waals surface area contributed by atoms with Crippen LogP contribution in [0, 0.1) is 6.92 Å². The Balaban J connectivity index is 1.61. The summed E-state index contributed by atoms with van der Waals surface area (Å²) in [5.74, 6) is 0.166. The van der Waals surface area contributed by atoms with Gasteiger partial charge in [-0.25, -0.2) is 5.48 Å². The minimum atomic E-state index is -0.286. The molecule has 0 atom stereocenters. The van der Waals surface area contributed by atoms with Crippen molar-refractivity contribution >= 4 is 34.3 Å². The zero-order valence-electron chi connectivity index (χ0n) is 18.6. The van der Waals surface area contributed by atoms with Crippen molar-refractivity contribution in [3.8, 4) is 5.75 Å². The van der Waals surface area contributed by atoms with Crippen LogP contribution in [0.3, 0.4) is 0 Å². The van der Waals surface area contributed by atoms with E-state index in [2.05, 4.69) is 11.6 Å². The monoisotopic (exact) mass is 464 g/mol. The molecule has 0 unspecified atom stereocenters. The minimum Gasteiger partial charge on any atom is -0.497 e. The molecule has 3 aromatic rings. The van der Waals surface area contributed by atoms with Crippen molar-refractivity contribution in [2.45, 2.75) is 26.2 Å². The highest BCUT2D eigenvalue weighted by molar-refractivity contribution is 6.30. The van der Waals surface area contributed by atoms with E-state index in [1.54, 1.807) is 42.0 Å². The summed E-state index contributed by atoms with van der Waals surface area (Å²) in [6.07, 6.45) is 8.06. The average molecular weight is 465 g/mol. The van der Waals surface area contributed by atoms with Gasteiger partial charge in [0.1, 0.15) is 5.75 Å². The number of amides is 1. The highest BCUT2D eigenvalue weighted by Crippen LogP contribution is 2.31. The number of hydrogen-bond acceptors (Lipinski definition) is 4. The maximum Gasteiger partial charge on any atom is 0.262 e. The summed E-state index contributed by atoms with van der Waals surface area (Å²) >= 11 is 5.98. The van der Waals surface area contributed by atoms with Crippen molar-refractivity contribution in [2.75, 3.05) is 13.7 Å². The Bertz CT molecular complexity index is 1260. The molecule has 0 saturated heterocycles. The highest BCUT2D eigenvalue weighted by Gasteiger charge is 2.22. The van der Waals surface area contributed by atoms with Gasteiger partial charge in [0, 0.05) is 21.7 Å². The lowest BCUT2D eigenvalue weighted by atomic mass is 10.1. The molecule has 1 heterocycles. The first-order valence-corrected chi connectivity index (χ1v) is 11.1. The maximum absolute atomic E-state index is 13.3. The van der Waals surface area contributed by atoms with E-state index < -0.39 is 0 Å². The first-order chi connectivity index (χ1) is 16.0. The van der Waals surface area contributed by atoms with Gasteiger partial charge in [-0.05, 0) is 73.4 Å². The van der Waals surface area contributed by atoms with Crippen LogP contribution in [-0.2, 0) is 16.1 Å². The molecule has 0 spiro atoms. The van der Waals surface area contributed by atoms with E-state index in [4.69, 9.17) is 21.2 Å². The van der Waals surface area contributed by atoms with Gasteiger partial charge in [0.2, 0.25) is 5.91 Å². The molecule has 0 radical (unpaired) electrons. The van der Waals surface area contributed by atoms with Gasteiger partial charge >= 0.3 is 0 Å². The summed E-state index contributed by atoms with van der Waals surface area (Å²) in [4.78, 5) is 31.5. The van der Waals surface area contributed by atoms with E-state index in [0.29, 0.717) is 34.2 Å². The zero-order valence-corrected chi connectivity index (χ0v) is 19.3. The third-order valence-electron chi connectivity index (χ3n) is 5.72. The van der Waals surface area contributed by atoms with Gasteiger partial charge in [0.15, 0.2) is 0 Å². The molecule has 0 fully saturated rings. The first-order valence-electron chi connectivity index (χ1n) is 10.7. The van der Waals surface area contributed by atoms with E-state index in [1.807, 2.05) is 31.2 Å². The molecule has 4 rings (SSSR count). The summed E-state index contributed by atoms with van der Waals surface area (Å²) in [6, 6.07) is 12.2. The number of benzene rings is 2. The van der Waals surface area contributed by atoms with Crippen molar-refractivity contribution in [2.24, 2.45) is 0 Å². The number of aromatic nitrogens is 1. The Morgan fingerprint density at radius 2 is 1.94 bits per heavy atom. The third-order valence-corrected chi connectivity index (χ3v) is 5.97. The Kier molecular flexibility index (Phi) is 6.96. The number of allylic oxidation sites excluding steroid dienone is 3. The molecule has 2 aromatic carbocycles. The number of carbonyl (C=O) groups is 2. The number of hydrogen-bond donors (Lipinski definition) is 1. The van der Waals surface area contributed by atoms with Crippen LogP contribution in [0.1, 0.15) is 34.5 Å². The zero-order chi connectivity index (χ0) is 23.4. The molecule has 6 nitrogen and oxygen atoms in total. The van der Waals surface area contributed by atoms with Crippen molar-refractivity contribution in [1.82, 2.24) is 10.0 Å². The lowest BCUT2D eigenvalue weighted by Crippen LogP contribution is -2.26. The molecule has 7 heteroatoms. The van der Waals surface area contributed by atoms with Gasteiger partial charge < -0.3 is 4.74 Å². The SMILES string of the molecule is COc1ccc2c(c1)c(CC(=O)NOCC1=CC=CCC1)c(C)n2C(=O)c1ccc(Cl)cc1. The normalized spacial score (nSPS) is 13.1. The number of carbonyl (C=O) groups excluding carboxylic acids is 2. The van der Waals surface area contributed by atoms with Crippen LogP contribution in [0.25, 0.3) is 10.9 Å². The van der Waals surface area contributed by atoms with Gasteiger partial charge in [0.05, 0.1) is 25.7 Å². The molecule has 0 bridgehead atoms. The average Bonchev–Trinajstić information content (AvgIpc) is 3.10. The summed E-state index contributed by atoms with van der Waals surface area (Å²) in [6.45, 7) is 2.18. The fourth-order valence-corrected chi connectivity index (χ4v) is 4.10. The van der Waals surface area contributed by atoms with Gasteiger partial charge in [-0.1, -0.05) is 29.8 Å². The second kappa shape index (κ2) is 10.1. The number of nitrogens with one attached hydrogen (secondary N) is 1. The second-order valence-corrected chi connectivity index (χ2v) is 8.31. The molecule has 0 aliphatic heterocycles. The van der Waals surface area contributed by atoms with E-state index in [-0.39, 0.29) is 18.2 Å². The Hall–Kier alpha value is -3.35. The Morgan fingerprint density at radius 1 is 1.15 bits per heavy atom. The number of methoxy groups -OCH3 is 1. The summed E-state index contributed by atoms with van der Waals surface area (Å²) in [5.41, 5.74) is 6.30. The summed E-state index contributed by atoms with van der Waals surface area (Å²) < 4.78 is 7.00. The van der Waals surface area contributed by atoms with Crippen LogP contribution in [0.2, 0.25) is 5.02 Å². The molecular formula is C26H25ClN2O4. The molecule has 1 N–H and O–H groups in total. The molecular weight excluding hydrogens is 440 g/mol. The summed E-state index contributed by atoms with van der Waals surface area (Å²) in [7, 11) is 1.58. The van der Waals surface area contributed by atoms with Crippen molar-refractivity contribution in [3.05, 3.63) is 88.1 Å². The largest absolute Gasteiger partial charge is 0.497 e. The maximum atomic E-state index is 13.3. The van der Waals surface area contributed by atoms with E-state index >= 15 is 0 Å². The lowest BCUT2D eigenvalue weighted by molar-refractivity contribution is -0.132. The topological polar surface area (TPSA) is 69.6 Å². The molecule has 0 saturated carbocycles. The van der Waals surface area contributed by atoms with Gasteiger partial charge in [-0.15, -0.1) is 0 Å². The van der Waals surface area contributed by atoms with Crippen LogP contribution in [-0.4, -0.2) is 30.1 Å². The second-order valence-electron chi connectivity index (χ2n) is 7.88. The van der Waals surface area contributed by atoms with Crippen LogP contribution in [0.15, 0.2) is 66.3 Å². The first kappa shape index (κ1) is 22.8. The number of ether oxygens (including phenoxy) is 1. The smallest absolute Gasteiger partial charge is 0.262 e. The fraction of sp³-hybridized carbons (Fsp3) is 0.231. The van der Waals surface area contributed by atoms with Crippen LogP contribution in [0.4, 0.5) is 0 Å². The molecule has 1 aromatic heterocycles. The predicted molar refractivity (Wildman–Crippen MR) is 129 cm³/mol. The van der Waals surface area contributed by atoms with Crippen LogP contribution >= 0.6 is 11.6 Å². The Labute approximate surface area is 197 Å². The lowest BCUT2D eigenvalue weighted by Gasteiger charge is -2.10. The number of halogens is 1. The minimum absolute atomic E-state index is 0.0648. The van der Waals surface area contributed by atoms with Gasteiger partial charge in [0.25, 0.3) is 5.91 Å². The molecule has 1 amide bonds. The van der Waals surface area contributed by atoms with Gasteiger partial charge in [-0.2, -0.15) is 0 Å². The van der Waals surface area contributed by atoms with E-state index in [0.717, 1.165) is 29.4 Å². The van der Waals surface area contributed by atoms with Crippen LogP contribution < -0.4 is 10.2 Å². The van der Waals surface area contributed by atoms with Gasteiger partial charge in [-0.3, -0.25) is 19.0 Å². The predicted octanol–water partition coefficient (Wildman–Crippen LogP) is 5.17. The Morgan fingerprint density at radius 3 is 2.64 bits per heavy atom. The van der Waals surface area contributed by atoms with Crippen LogP contribution in [0.5, 0.6) is 5.75 Å². The molecule has 170 valence electrons. The number of hydroxylamine groups is 1. The number of rotatable bonds is 7. The highest BCUT2D eigenvalue weighted by atomic mass is 35.5. The summed E-state index contributed by atoms with van der Waals surface area (Å²) in [5, 5.41) is 1.34. The van der Waals surface area contributed by atoms with Crippen molar-refractivity contribution in [1.29, 1.82) is 0 Å². The quantitative estimate of drug-likeness (QED) is 0.490. The van der Waals surface area contributed by atoms with E-state index in [1.165, 1.54) is 0 Å². The number of fused-ring (bicyclic) bond motifs is 1. The van der Waals surface area contributed by atoms with E-state index in [9.17, 15) is 9.59 Å². The van der Waals surface area contributed by atoms with Crippen molar-refractivity contribution < 1.29 is 19.2 Å². The van der Waals surface area contributed by atoms with Crippen molar-refractivity contribution in [3.63, 3.8) is 0 Å². The molecule has 1 aliphatic carbocycles. The fourth-order valence-electron chi connectivity index (χ4n) is 3.97. The third kappa shape index (κ3) is 5.02.